The van der Waals surface area contributed by atoms with Crippen LogP contribution in [0, 0.1) is 0 Å². The highest BCUT2D eigenvalue weighted by Gasteiger charge is 2.09. The second-order valence-corrected chi connectivity index (χ2v) is 6.26. The summed E-state index contributed by atoms with van der Waals surface area (Å²) in [5.41, 5.74) is 0.903. The van der Waals surface area contributed by atoms with Crippen LogP contribution in [0.4, 0.5) is 0 Å². The number of unbranched alkanes of at least 4 members (excludes halogenated alkanes) is 7. The minimum atomic E-state index is -0.359. The van der Waals surface area contributed by atoms with Crippen LogP contribution in [0.15, 0.2) is 30.9 Å². The largest absolute Gasteiger partial charge is 0.427 e. The number of hydrogen-bond acceptors (Lipinski definition) is 4. The van der Waals surface area contributed by atoms with Crippen LogP contribution >= 0.6 is 0 Å². The van der Waals surface area contributed by atoms with Gasteiger partial charge in [0.1, 0.15) is 11.5 Å². The summed E-state index contributed by atoms with van der Waals surface area (Å²) in [5, 5.41) is 0. The molecular formula is C21H30O4. The lowest BCUT2D eigenvalue weighted by atomic mass is 10.0. The zero-order chi connectivity index (χ0) is 18.5. The predicted molar refractivity (Wildman–Crippen MR) is 99.9 cm³/mol. The van der Waals surface area contributed by atoms with E-state index in [0.717, 1.165) is 31.2 Å². The van der Waals surface area contributed by atoms with E-state index < -0.39 is 0 Å². The molecule has 0 aromatic heterocycles. The lowest BCUT2D eigenvalue weighted by Crippen LogP contribution is -2.06. The molecule has 0 aliphatic carbocycles. The monoisotopic (exact) mass is 346 g/mol. The average molecular weight is 346 g/mol. The van der Waals surface area contributed by atoms with Crippen molar-refractivity contribution in [2.75, 3.05) is 0 Å². The maximum absolute atomic E-state index is 11.2. The Morgan fingerprint density at radius 2 is 1.52 bits per heavy atom. The molecule has 0 aliphatic rings. The smallest absolute Gasteiger partial charge is 0.308 e. The molecule has 0 saturated heterocycles. The summed E-state index contributed by atoms with van der Waals surface area (Å²) >= 11 is 0. The van der Waals surface area contributed by atoms with Gasteiger partial charge >= 0.3 is 11.9 Å². The molecule has 0 amide bonds. The molecular weight excluding hydrogens is 316 g/mol. The molecule has 0 fully saturated rings. The van der Waals surface area contributed by atoms with Crippen molar-refractivity contribution in [3.05, 3.63) is 36.4 Å². The average Bonchev–Trinajstić information content (AvgIpc) is 2.54. The van der Waals surface area contributed by atoms with Crippen molar-refractivity contribution in [3.63, 3.8) is 0 Å². The number of carbonyl (C=O) groups is 2. The van der Waals surface area contributed by atoms with Crippen molar-refractivity contribution in [1.82, 2.24) is 0 Å². The van der Waals surface area contributed by atoms with Gasteiger partial charge in [-0.05, 0) is 49.4 Å². The van der Waals surface area contributed by atoms with Gasteiger partial charge in [-0.1, -0.05) is 38.2 Å². The van der Waals surface area contributed by atoms with E-state index >= 15 is 0 Å². The summed E-state index contributed by atoms with van der Waals surface area (Å²) in [5.74, 6) is 0.331. The lowest BCUT2D eigenvalue weighted by molar-refractivity contribution is -0.133. The Labute approximate surface area is 151 Å². The van der Waals surface area contributed by atoms with Gasteiger partial charge < -0.3 is 9.47 Å². The van der Waals surface area contributed by atoms with Crippen LogP contribution in [0.25, 0.3) is 0 Å². The summed E-state index contributed by atoms with van der Waals surface area (Å²) < 4.78 is 10.4. The van der Waals surface area contributed by atoms with Gasteiger partial charge in [0.15, 0.2) is 0 Å². The maximum atomic E-state index is 11.2. The molecule has 4 nitrogen and oxygen atoms in total. The third-order valence-electron chi connectivity index (χ3n) is 3.90. The number of carbonyl (C=O) groups excluding carboxylic acids is 2. The van der Waals surface area contributed by atoms with E-state index in [4.69, 9.17) is 9.47 Å². The molecule has 1 rings (SSSR count). The fraction of sp³-hybridized carbons (Fsp3) is 0.524. The van der Waals surface area contributed by atoms with Gasteiger partial charge in [-0.2, -0.15) is 0 Å². The molecule has 0 spiro atoms. The Morgan fingerprint density at radius 1 is 0.920 bits per heavy atom. The molecule has 0 aliphatic heterocycles. The van der Waals surface area contributed by atoms with E-state index in [9.17, 15) is 9.59 Å². The Morgan fingerprint density at radius 3 is 2.12 bits per heavy atom. The summed E-state index contributed by atoms with van der Waals surface area (Å²) in [6.45, 7) is 6.49. The van der Waals surface area contributed by atoms with Gasteiger partial charge in [-0.3, -0.25) is 9.59 Å². The highest BCUT2D eigenvalue weighted by molar-refractivity contribution is 5.71. The number of hydrogen-bond donors (Lipinski definition) is 0. The number of benzene rings is 1. The number of rotatable bonds is 12. The molecule has 0 radical (unpaired) electrons. The van der Waals surface area contributed by atoms with Crippen LogP contribution in [0.5, 0.6) is 11.5 Å². The summed E-state index contributed by atoms with van der Waals surface area (Å²) in [4.78, 5) is 22.3. The van der Waals surface area contributed by atoms with Gasteiger partial charge in [0.25, 0.3) is 0 Å². The van der Waals surface area contributed by atoms with Crippen molar-refractivity contribution < 1.29 is 19.1 Å². The first kappa shape index (κ1) is 20.9. The van der Waals surface area contributed by atoms with E-state index in [0.29, 0.717) is 11.5 Å². The molecule has 0 bridgehead atoms. The molecule has 138 valence electrons. The Hall–Kier alpha value is -2.10. The highest BCUT2D eigenvalue weighted by Crippen LogP contribution is 2.26. The molecule has 1 aromatic carbocycles. The molecule has 4 heteroatoms. The zero-order valence-electron chi connectivity index (χ0n) is 15.5. The number of allylic oxidation sites excluding steroid dienone is 1. The minimum absolute atomic E-state index is 0.346. The maximum Gasteiger partial charge on any atom is 0.308 e. The molecule has 0 N–H and O–H groups in total. The van der Waals surface area contributed by atoms with Crippen LogP contribution in [0.3, 0.4) is 0 Å². The fourth-order valence-electron chi connectivity index (χ4n) is 2.72. The number of ether oxygens (including phenoxy) is 2. The Bertz CT molecular complexity index is 563. The number of esters is 2. The third kappa shape index (κ3) is 9.70. The van der Waals surface area contributed by atoms with Gasteiger partial charge in [-0.25, -0.2) is 0 Å². The van der Waals surface area contributed by atoms with E-state index in [1.54, 1.807) is 18.2 Å². The SMILES string of the molecule is C=CCCCCCCCCCc1cc(OC(C)=O)ccc1OC(C)=O. The molecule has 0 atom stereocenters. The fourth-order valence-corrected chi connectivity index (χ4v) is 2.72. The van der Waals surface area contributed by atoms with Gasteiger partial charge in [-0.15, -0.1) is 6.58 Å². The predicted octanol–water partition coefficient (Wildman–Crippen LogP) is 5.39. The topological polar surface area (TPSA) is 52.6 Å². The van der Waals surface area contributed by atoms with Crippen LogP contribution in [0.2, 0.25) is 0 Å². The normalized spacial score (nSPS) is 10.3. The second kappa shape index (κ2) is 12.3. The van der Waals surface area contributed by atoms with Crippen molar-refractivity contribution in [3.8, 4) is 11.5 Å². The minimum Gasteiger partial charge on any atom is -0.427 e. The summed E-state index contributed by atoms with van der Waals surface area (Å²) in [6, 6.07) is 5.12. The molecule has 0 saturated carbocycles. The lowest BCUT2D eigenvalue weighted by Gasteiger charge is -2.11. The van der Waals surface area contributed by atoms with Crippen molar-refractivity contribution in [2.45, 2.75) is 71.6 Å². The Balaban J connectivity index is 2.44. The molecule has 1 aromatic rings. The quantitative estimate of drug-likeness (QED) is 0.220. The Kier molecular flexibility index (Phi) is 10.3. The third-order valence-corrected chi connectivity index (χ3v) is 3.90. The van der Waals surface area contributed by atoms with Crippen molar-refractivity contribution in [2.24, 2.45) is 0 Å². The first-order valence-electron chi connectivity index (χ1n) is 9.13. The van der Waals surface area contributed by atoms with E-state index in [-0.39, 0.29) is 11.9 Å². The van der Waals surface area contributed by atoms with Gasteiger partial charge in [0.05, 0.1) is 0 Å². The first-order valence-corrected chi connectivity index (χ1v) is 9.13. The van der Waals surface area contributed by atoms with Gasteiger partial charge in [0, 0.05) is 13.8 Å². The molecule has 0 heterocycles. The highest BCUT2D eigenvalue weighted by atomic mass is 16.5. The van der Waals surface area contributed by atoms with Crippen molar-refractivity contribution >= 4 is 11.9 Å². The zero-order valence-corrected chi connectivity index (χ0v) is 15.5. The second-order valence-electron chi connectivity index (χ2n) is 6.26. The van der Waals surface area contributed by atoms with E-state index in [1.807, 2.05) is 6.08 Å². The number of aryl methyl sites for hydroxylation is 1. The van der Waals surface area contributed by atoms with Gasteiger partial charge in [0.2, 0.25) is 0 Å². The van der Waals surface area contributed by atoms with E-state index in [1.165, 1.54) is 46.0 Å². The van der Waals surface area contributed by atoms with Crippen LogP contribution in [0.1, 0.15) is 70.8 Å². The summed E-state index contributed by atoms with van der Waals surface area (Å²) in [7, 11) is 0. The van der Waals surface area contributed by atoms with Crippen molar-refractivity contribution in [1.29, 1.82) is 0 Å². The standard InChI is InChI=1S/C21H30O4/c1-4-5-6-7-8-9-10-11-12-13-19-16-20(24-17(2)22)14-15-21(19)25-18(3)23/h4,14-16H,1,5-13H2,2-3H3. The van der Waals surface area contributed by atoms with Crippen LogP contribution < -0.4 is 9.47 Å². The van der Waals surface area contributed by atoms with E-state index in [2.05, 4.69) is 6.58 Å². The van der Waals surface area contributed by atoms with Crippen LogP contribution in [-0.2, 0) is 16.0 Å². The first-order chi connectivity index (χ1) is 12.0. The molecule has 25 heavy (non-hydrogen) atoms. The van der Waals surface area contributed by atoms with Crippen LogP contribution in [-0.4, -0.2) is 11.9 Å². The summed E-state index contributed by atoms with van der Waals surface area (Å²) in [6.07, 6.45) is 12.3. The molecule has 0 unspecified atom stereocenters.